The van der Waals surface area contributed by atoms with Gasteiger partial charge >= 0.3 is 0 Å². The molecule has 0 amide bonds. The minimum Gasteiger partial charge on any atom is -0.334 e. The molecule has 0 spiro atoms. The highest BCUT2D eigenvalue weighted by atomic mass is 16.5. The van der Waals surface area contributed by atoms with Crippen molar-refractivity contribution in [2.45, 2.75) is 19.8 Å². The molecule has 0 aliphatic heterocycles. The second-order valence-corrected chi connectivity index (χ2v) is 4.65. The van der Waals surface area contributed by atoms with Gasteiger partial charge in [0.05, 0.1) is 5.56 Å². The number of nitrogens with zero attached hydrogens (tertiary/aromatic N) is 5. The number of rotatable bonds is 3. The van der Waals surface area contributed by atoms with Gasteiger partial charge in [-0.05, 0) is 12.1 Å². The average Bonchev–Trinajstić information content (AvgIpc) is 2.98. The molecule has 0 aromatic carbocycles. The van der Waals surface area contributed by atoms with Crippen LogP contribution in [0.25, 0.3) is 22.8 Å². The smallest absolute Gasteiger partial charge is 0.261 e. The molecule has 6 nitrogen and oxygen atoms in total. The Bertz CT molecular complexity index is 691. The fraction of sp³-hybridized carbons (Fsp3) is 0.214. The van der Waals surface area contributed by atoms with Crippen molar-refractivity contribution in [2.24, 2.45) is 0 Å². The van der Waals surface area contributed by atoms with Crippen molar-refractivity contribution in [1.29, 1.82) is 0 Å². The molecule has 3 aromatic heterocycles. The lowest BCUT2D eigenvalue weighted by molar-refractivity contribution is 0.419. The Morgan fingerprint density at radius 1 is 1.05 bits per heavy atom. The molecule has 0 radical (unpaired) electrons. The summed E-state index contributed by atoms with van der Waals surface area (Å²) < 4.78 is 5.20. The van der Waals surface area contributed by atoms with E-state index in [1.807, 2.05) is 26.0 Å². The Labute approximate surface area is 115 Å². The van der Waals surface area contributed by atoms with Crippen molar-refractivity contribution < 1.29 is 4.52 Å². The van der Waals surface area contributed by atoms with E-state index in [0.717, 1.165) is 5.56 Å². The van der Waals surface area contributed by atoms with Crippen molar-refractivity contribution in [3.63, 3.8) is 0 Å². The van der Waals surface area contributed by atoms with Crippen molar-refractivity contribution >= 4 is 0 Å². The largest absolute Gasteiger partial charge is 0.334 e. The quantitative estimate of drug-likeness (QED) is 0.726. The Hall–Kier alpha value is -2.63. The normalized spacial score (nSPS) is 10.9. The maximum absolute atomic E-state index is 5.20. The third kappa shape index (κ3) is 2.40. The maximum Gasteiger partial charge on any atom is 0.261 e. The molecule has 3 aromatic rings. The topological polar surface area (TPSA) is 77.6 Å². The minimum atomic E-state index is 0.225. The van der Waals surface area contributed by atoms with Gasteiger partial charge in [0.15, 0.2) is 11.6 Å². The summed E-state index contributed by atoms with van der Waals surface area (Å²) in [5.74, 6) is 1.95. The second kappa shape index (κ2) is 5.16. The van der Waals surface area contributed by atoms with Crippen LogP contribution in [-0.2, 0) is 0 Å². The zero-order chi connectivity index (χ0) is 13.9. The van der Waals surface area contributed by atoms with Crippen molar-refractivity contribution in [3.8, 4) is 22.8 Å². The van der Waals surface area contributed by atoms with Crippen molar-refractivity contribution in [2.75, 3.05) is 0 Å². The van der Waals surface area contributed by atoms with Crippen LogP contribution < -0.4 is 0 Å². The molecule has 0 aliphatic rings. The standard InChI is InChI=1S/C14H13N5O/c1-9(2)12-18-14(20-19-12)11-7-16-13(17-8-11)10-4-3-5-15-6-10/h3-9H,1-2H3. The van der Waals surface area contributed by atoms with E-state index in [0.29, 0.717) is 23.1 Å². The van der Waals surface area contributed by atoms with Crippen LogP contribution in [0.4, 0.5) is 0 Å². The van der Waals surface area contributed by atoms with Gasteiger partial charge in [0.2, 0.25) is 0 Å². The summed E-state index contributed by atoms with van der Waals surface area (Å²) in [5, 5.41) is 3.92. The van der Waals surface area contributed by atoms with Crippen LogP contribution in [0.1, 0.15) is 25.6 Å². The first-order valence-electron chi connectivity index (χ1n) is 6.30. The predicted octanol–water partition coefficient (Wildman–Crippen LogP) is 2.71. The summed E-state index contributed by atoms with van der Waals surface area (Å²) >= 11 is 0. The SMILES string of the molecule is CC(C)c1noc(-c2cnc(-c3cccnc3)nc2)n1. The summed E-state index contributed by atoms with van der Waals surface area (Å²) in [6, 6.07) is 3.76. The highest BCUT2D eigenvalue weighted by Crippen LogP contribution is 2.20. The van der Waals surface area contributed by atoms with Gasteiger partial charge in [-0.3, -0.25) is 4.98 Å². The molecule has 0 bridgehead atoms. The third-order valence-corrected chi connectivity index (χ3v) is 2.78. The van der Waals surface area contributed by atoms with Crippen LogP contribution in [0.5, 0.6) is 0 Å². The molecule has 0 fully saturated rings. The minimum absolute atomic E-state index is 0.225. The zero-order valence-corrected chi connectivity index (χ0v) is 11.2. The van der Waals surface area contributed by atoms with E-state index >= 15 is 0 Å². The Kier molecular flexibility index (Phi) is 3.20. The highest BCUT2D eigenvalue weighted by molar-refractivity contribution is 5.56. The Morgan fingerprint density at radius 3 is 2.45 bits per heavy atom. The highest BCUT2D eigenvalue weighted by Gasteiger charge is 2.12. The Balaban J connectivity index is 1.89. The lowest BCUT2D eigenvalue weighted by Gasteiger charge is -1.99. The maximum atomic E-state index is 5.20. The lowest BCUT2D eigenvalue weighted by Crippen LogP contribution is -1.91. The molecular weight excluding hydrogens is 254 g/mol. The molecule has 0 aliphatic carbocycles. The summed E-state index contributed by atoms with van der Waals surface area (Å²) in [4.78, 5) is 17.0. The van der Waals surface area contributed by atoms with E-state index in [9.17, 15) is 0 Å². The van der Waals surface area contributed by atoms with Crippen LogP contribution >= 0.6 is 0 Å². The first kappa shape index (κ1) is 12.4. The molecule has 0 unspecified atom stereocenters. The monoisotopic (exact) mass is 267 g/mol. The van der Waals surface area contributed by atoms with Crippen molar-refractivity contribution in [1.82, 2.24) is 25.1 Å². The van der Waals surface area contributed by atoms with Crippen LogP contribution in [0.2, 0.25) is 0 Å². The molecule has 3 rings (SSSR count). The Morgan fingerprint density at radius 2 is 1.85 bits per heavy atom. The molecular formula is C14H13N5O. The fourth-order valence-electron chi connectivity index (χ4n) is 1.67. The van der Waals surface area contributed by atoms with Crippen LogP contribution in [0.3, 0.4) is 0 Å². The van der Waals surface area contributed by atoms with Gasteiger partial charge in [-0.15, -0.1) is 0 Å². The van der Waals surface area contributed by atoms with Gasteiger partial charge in [0.1, 0.15) is 0 Å². The molecule has 6 heteroatoms. The predicted molar refractivity (Wildman–Crippen MR) is 72.6 cm³/mol. The van der Waals surface area contributed by atoms with Gasteiger partial charge in [0, 0.05) is 36.3 Å². The number of hydrogen-bond acceptors (Lipinski definition) is 6. The van der Waals surface area contributed by atoms with Gasteiger partial charge < -0.3 is 4.52 Å². The van der Waals surface area contributed by atoms with E-state index in [-0.39, 0.29) is 5.92 Å². The van der Waals surface area contributed by atoms with Gasteiger partial charge in [-0.2, -0.15) is 4.98 Å². The van der Waals surface area contributed by atoms with E-state index in [4.69, 9.17) is 4.52 Å². The summed E-state index contributed by atoms with van der Waals surface area (Å²) in [6.07, 6.45) is 6.78. The molecule has 100 valence electrons. The van der Waals surface area contributed by atoms with E-state index in [1.54, 1.807) is 24.8 Å². The van der Waals surface area contributed by atoms with E-state index in [2.05, 4.69) is 25.1 Å². The number of pyridine rings is 1. The van der Waals surface area contributed by atoms with Crippen LogP contribution in [-0.4, -0.2) is 25.1 Å². The molecule has 0 N–H and O–H groups in total. The number of aromatic nitrogens is 5. The first-order valence-corrected chi connectivity index (χ1v) is 6.30. The summed E-state index contributed by atoms with van der Waals surface area (Å²) in [6.45, 7) is 4.02. The molecule has 0 saturated heterocycles. The van der Waals surface area contributed by atoms with Crippen LogP contribution in [0.15, 0.2) is 41.4 Å². The third-order valence-electron chi connectivity index (χ3n) is 2.78. The van der Waals surface area contributed by atoms with Gasteiger partial charge in [-0.1, -0.05) is 19.0 Å². The second-order valence-electron chi connectivity index (χ2n) is 4.65. The first-order chi connectivity index (χ1) is 9.74. The fourth-order valence-corrected chi connectivity index (χ4v) is 1.67. The lowest BCUT2D eigenvalue weighted by atomic mass is 10.2. The molecule has 0 atom stereocenters. The van der Waals surface area contributed by atoms with E-state index in [1.165, 1.54) is 0 Å². The summed E-state index contributed by atoms with van der Waals surface area (Å²) in [5.41, 5.74) is 1.57. The molecule has 0 saturated carbocycles. The number of hydrogen-bond donors (Lipinski definition) is 0. The average molecular weight is 267 g/mol. The van der Waals surface area contributed by atoms with E-state index < -0.39 is 0 Å². The van der Waals surface area contributed by atoms with Gasteiger partial charge in [-0.25, -0.2) is 9.97 Å². The van der Waals surface area contributed by atoms with Gasteiger partial charge in [0.25, 0.3) is 5.89 Å². The van der Waals surface area contributed by atoms with Crippen LogP contribution in [0, 0.1) is 0 Å². The summed E-state index contributed by atoms with van der Waals surface area (Å²) in [7, 11) is 0. The molecule has 20 heavy (non-hydrogen) atoms. The zero-order valence-electron chi connectivity index (χ0n) is 11.2. The van der Waals surface area contributed by atoms with Crippen molar-refractivity contribution in [3.05, 3.63) is 42.7 Å². The molecule has 3 heterocycles.